The Morgan fingerprint density at radius 1 is 0.974 bits per heavy atom. The third-order valence-electron chi connectivity index (χ3n) is 7.38. The highest BCUT2D eigenvalue weighted by atomic mass is 16.4. The number of benzene rings is 3. The molecule has 6 aromatic rings. The molecule has 1 atom stereocenters. The van der Waals surface area contributed by atoms with Crippen LogP contribution < -0.4 is 0 Å². The third-order valence-corrected chi connectivity index (χ3v) is 7.38. The summed E-state index contributed by atoms with van der Waals surface area (Å²) in [5.41, 5.74) is 6.95. The van der Waals surface area contributed by atoms with Gasteiger partial charge < -0.3 is 9.52 Å². The van der Waals surface area contributed by atoms with Gasteiger partial charge in [0.15, 0.2) is 5.76 Å². The van der Waals surface area contributed by atoms with Crippen LogP contribution in [-0.2, 0) is 6.42 Å². The third kappa shape index (κ3) is 4.01. The van der Waals surface area contributed by atoms with E-state index in [0.717, 1.165) is 51.2 Å². The van der Waals surface area contributed by atoms with Crippen molar-refractivity contribution in [1.82, 2.24) is 14.8 Å². The molecule has 0 aliphatic heterocycles. The Hall–Kier alpha value is -4.97. The van der Waals surface area contributed by atoms with E-state index in [9.17, 15) is 9.90 Å². The maximum Gasteiger partial charge on any atom is 0.336 e. The van der Waals surface area contributed by atoms with Gasteiger partial charge in [-0.3, -0.25) is 0 Å². The molecule has 0 bridgehead atoms. The Morgan fingerprint density at radius 3 is 2.56 bits per heavy atom. The number of nitrogens with zero attached hydrogens (tertiary/aromatic N) is 3. The van der Waals surface area contributed by atoms with Crippen LogP contribution in [0.1, 0.15) is 40.5 Å². The van der Waals surface area contributed by atoms with Gasteiger partial charge in [0.1, 0.15) is 11.3 Å². The molecule has 0 radical (unpaired) electrons. The molecule has 1 aliphatic rings. The van der Waals surface area contributed by atoms with Gasteiger partial charge >= 0.3 is 5.97 Å². The molecule has 0 fully saturated rings. The average molecular weight is 512 g/mol. The Labute approximate surface area is 224 Å². The number of para-hydroxylation sites is 3. The van der Waals surface area contributed by atoms with Crippen molar-refractivity contribution >= 4 is 39.5 Å². The Bertz CT molecular complexity index is 1880. The van der Waals surface area contributed by atoms with Crippen molar-refractivity contribution in [2.75, 3.05) is 0 Å². The molecule has 0 amide bonds. The van der Waals surface area contributed by atoms with Gasteiger partial charge in [-0.25, -0.2) is 14.5 Å². The molecule has 3 heterocycles. The monoisotopic (exact) mass is 511 g/mol. The summed E-state index contributed by atoms with van der Waals surface area (Å²) >= 11 is 0. The van der Waals surface area contributed by atoms with Gasteiger partial charge in [0, 0.05) is 22.5 Å². The second-order valence-corrected chi connectivity index (χ2v) is 10.2. The summed E-state index contributed by atoms with van der Waals surface area (Å²) in [5.74, 6) is 0.0290. The molecule has 7 rings (SSSR count). The number of aromatic carboxylic acids is 1. The van der Waals surface area contributed by atoms with Crippen LogP contribution in [0.2, 0.25) is 0 Å². The maximum absolute atomic E-state index is 12.5. The topological polar surface area (TPSA) is 81.2 Å². The molecule has 0 saturated carbocycles. The predicted molar refractivity (Wildman–Crippen MR) is 153 cm³/mol. The van der Waals surface area contributed by atoms with Crippen LogP contribution in [-0.4, -0.2) is 25.8 Å². The molecule has 0 saturated heterocycles. The van der Waals surface area contributed by atoms with E-state index in [1.54, 1.807) is 0 Å². The molecule has 3 aromatic carbocycles. The van der Waals surface area contributed by atoms with Crippen molar-refractivity contribution in [1.29, 1.82) is 0 Å². The van der Waals surface area contributed by atoms with Crippen molar-refractivity contribution in [2.45, 2.75) is 19.8 Å². The molecular weight excluding hydrogens is 486 g/mol. The first-order chi connectivity index (χ1) is 19.0. The summed E-state index contributed by atoms with van der Waals surface area (Å²) in [6, 6.07) is 27.4. The van der Waals surface area contributed by atoms with Gasteiger partial charge in [-0.2, -0.15) is 5.10 Å². The largest absolute Gasteiger partial charge is 0.478 e. The van der Waals surface area contributed by atoms with Gasteiger partial charge in [0.2, 0.25) is 0 Å². The first-order valence-electron chi connectivity index (χ1n) is 13.0. The zero-order valence-corrected chi connectivity index (χ0v) is 21.3. The van der Waals surface area contributed by atoms with E-state index < -0.39 is 5.97 Å². The predicted octanol–water partition coefficient (Wildman–Crippen LogP) is 7.65. The van der Waals surface area contributed by atoms with E-state index in [1.807, 2.05) is 95.8 Å². The Balaban J connectivity index is 1.46. The molecule has 3 aromatic heterocycles. The number of rotatable bonds is 4. The highest BCUT2D eigenvalue weighted by Gasteiger charge is 2.28. The fraction of sp³-hybridized carbons (Fsp3) is 0.121. The number of furan rings is 1. The van der Waals surface area contributed by atoms with Crippen LogP contribution in [0.4, 0.5) is 0 Å². The van der Waals surface area contributed by atoms with E-state index in [0.29, 0.717) is 28.6 Å². The number of carbonyl (C=O) groups is 1. The normalized spacial score (nSPS) is 16.1. The molecule has 6 heteroatoms. The van der Waals surface area contributed by atoms with Crippen LogP contribution in [0.15, 0.2) is 95.5 Å². The fourth-order valence-electron chi connectivity index (χ4n) is 5.66. The highest BCUT2D eigenvalue weighted by Crippen LogP contribution is 2.40. The van der Waals surface area contributed by atoms with Crippen molar-refractivity contribution in [2.24, 2.45) is 5.92 Å². The Kier molecular flexibility index (Phi) is 5.40. The van der Waals surface area contributed by atoms with Gasteiger partial charge in [0.25, 0.3) is 0 Å². The molecule has 0 spiro atoms. The maximum atomic E-state index is 12.5. The van der Waals surface area contributed by atoms with Gasteiger partial charge in [0.05, 0.1) is 22.5 Å². The van der Waals surface area contributed by atoms with E-state index in [4.69, 9.17) is 14.5 Å². The smallest absolute Gasteiger partial charge is 0.336 e. The molecule has 6 nitrogen and oxygen atoms in total. The standard InChI is InChI=1S/C33H25N3O3/c1-20-15-22(31-26(16-20)30(33(37)38)25-12-6-7-13-27(25)34-31)17-23-19-36(24-10-3-2-4-11-24)35-32(23)29-18-21-9-5-8-14-28(21)39-29/h2-14,17-20H,15-16H2,1H3,(H,37,38)/b22-17+. The van der Waals surface area contributed by atoms with Crippen molar-refractivity contribution in [3.8, 4) is 17.1 Å². The van der Waals surface area contributed by atoms with Crippen LogP contribution in [0, 0.1) is 5.92 Å². The van der Waals surface area contributed by atoms with E-state index in [-0.39, 0.29) is 5.92 Å². The lowest BCUT2D eigenvalue weighted by molar-refractivity contribution is 0.0697. The number of carboxylic acids is 1. The summed E-state index contributed by atoms with van der Waals surface area (Å²) in [5, 5.41) is 16.9. The van der Waals surface area contributed by atoms with Crippen molar-refractivity contribution in [3.63, 3.8) is 0 Å². The minimum Gasteiger partial charge on any atom is -0.478 e. The fourth-order valence-corrected chi connectivity index (χ4v) is 5.66. The zero-order valence-electron chi connectivity index (χ0n) is 21.3. The van der Waals surface area contributed by atoms with E-state index in [1.165, 1.54) is 0 Å². The summed E-state index contributed by atoms with van der Waals surface area (Å²) in [7, 11) is 0. The Morgan fingerprint density at radius 2 is 1.74 bits per heavy atom. The summed E-state index contributed by atoms with van der Waals surface area (Å²) in [6.45, 7) is 2.16. The van der Waals surface area contributed by atoms with Crippen LogP contribution in [0.3, 0.4) is 0 Å². The SMILES string of the molecule is CC1C/C(=C\c2cn(-c3ccccc3)nc2-c2cc3ccccc3o2)c2nc3ccccc3c(C(=O)O)c2C1. The number of fused-ring (bicyclic) bond motifs is 3. The summed E-state index contributed by atoms with van der Waals surface area (Å²) in [6.07, 6.45) is 5.57. The lowest BCUT2D eigenvalue weighted by Gasteiger charge is -2.26. The van der Waals surface area contributed by atoms with Crippen LogP contribution >= 0.6 is 0 Å². The number of allylic oxidation sites excluding steroid dienone is 1. The van der Waals surface area contributed by atoms with Crippen molar-refractivity contribution < 1.29 is 14.3 Å². The second kappa shape index (κ2) is 9.10. The number of aromatic nitrogens is 3. The van der Waals surface area contributed by atoms with E-state index >= 15 is 0 Å². The minimum atomic E-state index is -0.918. The minimum absolute atomic E-state index is 0.267. The molecule has 1 unspecified atom stereocenters. The quantitative estimate of drug-likeness (QED) is 0.263. The van der Waals surface area contributed by atoms with E-state index in [2.05, 4.69) is 13.0 Å². The molecule has 190 valence electrons. The number of carboxylic acid groups (broad SMARTS) is 1. The van der Waals surface area contributed by atoms with Gasteiger partial charge in [-0.15, -0.1) is 0 Å². The molecule has 39 heavy (non-hydrogen) atoms. The first-order valence-corrected chi connectivity index (χ1v) is 13.0. The molecule has 1 aliphatic carbocycles. The number of pyridine rings is 1. The van der Waals surface area contributed by atoms with Gasteiger partial charge in [-0.1, -0.05) is 61.5 Å². The highest BCUT2D eigenvalue weighted by molar-refractivity contribution is 6.06. The van der Waals surface area contributed by atoms with Crippen molar-refractivity contribution in [3.05, 3.63) is 114 Å². The summed E-state index contributed by atoms with van der Waals surface area (Å²) in [4.78, 5) is 17.5. The number of hydrogen-bond donors (Lipinski definition) is 1. The van der Waals surface area contributed by atoms with Crippen LogP contribution in [0.5, 0.6) is 0 Å². The molecular formula is C33H25N3O3. The first kappa shape index (κ1) is 23.2. The lowest BCUT2D eigenvalue weighted by atomic mass is 9.80. The summed E-state index contributed by atoms with van der Waals surface area (Å²) < 4.78 is 8.09. The zero-order chi connectivity index (χ0) is 26.5. The number of hydrogen-bond acceptors (Lipinski definition) is 4. The second-order valence-electron chi connectivity index (χ2n) is 10.2. The lowest BCUT2D eigenvalue weighted by Crippen LogP contribution is -2.17. The van der Waals surface area contributed by atoms with Crippen LogP contribution in [0.25, 0.3) is 50.7 Å². The molecule has 1 N–H and O–H groups in total. The van der Waals surface area contributed by atoms with Gasteiger partial charge in [-0.05, 0) is 66.3 Å². The average Bonchev–Trinajstić information content (AvgIpc) is 3.56.